The number of carbonyl (C=O) groups is 2. The van der Waals surface area contributed by atoms with E-state index in [1.165, 1.54) is 25.3 Å². The quantitative estimate of drug-likeness (QED) is 0.190. The Morgan fingerprint density at radius 3 is 2.45 bits per heavy atom. The molecule has 2 aliphatic heterocycles. The number of H-pyrrole nitrogens is 1. The van der Waals surface area contributed by atoms with Gasteiger partial charge in [-0.05, 0) is 35.9 Å². The molecule has 0 spiro atoms. The number of thioether (sulfide) groups is 1. The molecule has 3 aromatic carbocycles. The average molecular weight is 576 g/mol. The minimum absolute atomic E-state index is 0.183. The maximum atomic E-state index is 14.0. The molecule has 1 N–H and O–H groups in total. The summed E-state index contributed by atoms with van der Waals surface area (Å²) in [6, 6.07) is 20.2. The van der Waals surface area contributed by atoms with Crippen LogP contribution in [0.4, 0.5) is 11.4 Å². The van der Waals surface area contributed by atoms with E-state index >= 15 is 0 Å². The van der Waals surface area contributed by atoms with E-state index in [4.69, 9.17) is 9.47 Å². The summed E-state index contributed by atoms with van der Waals surface area (Å²) in [6.07, 6.45) is 0. The molecule has 1 fully saturated rings. The van der Waals surface area contributed by atoms with Gasteiger partial charge in [-0.15, -0.1) is 0 Å². The maximum Gasteiger partial charge on any atom is 0.305 e. The molecule has 1 saturated heterocycles. The molecular formula is C28H21N3O7S2. The number of imide groups is 1. The monoisotopic (exact) mass is 575 g/mol. The molecule has 2 aliphatic rings. The molecule has 10 nitrogen and oxygen atoms in total. The predicted molar refractivity (Wildman–Crippen MR) is 149 cm³/mol. The van der Waals surface area contributed by atoms with E-state index in [1.54, 1.807) is 24.3 Å². The largest absolute Gasteiger partial charge is 0.497 e. The van der Waals surface area contributed by atoms with Crippen molar-refractivity contribution in [2.75, 3.05) is 12.0 Å². The van der Waals surface area contributed by atoms with E-state index < -0.39 is 33.8 Å². The Bertz CT molecular complexity index is 1680. The molecule has 12 heteroatoms. The maximum absolute atomic E-state index is 14.0. The van der Waals surface area contributed by atoms with Crippen LogP contribution in [0.5, 0.6) is 11.5 Å². The van der Waals surface area contributed by atoms with Crippen molar-refractivity contribution in [2.24, 2.45) is 5.92 Å². The van der Waals surface area contributed by atoms with E-state index in [9.17, 15) is 24.5 Å². The summed E-state index contributed by atoms with van der Waals surface area (Å²) in [6.45, 7) is 0.183. The topological polar surface area (TPSA) is 132 Å². The lowest BCUT2D eigenvalue weighted by Crippen LogP contribution is -2.32. The second-order valence-electron chi connectivity index (χ2n) is 9.21. The molecule has 40 heavy (non-hydrogen) atoms. The lowest BCUT2D eigenvalue weighted by atomic mass is 9.82. The standard InChI is InChI=1S/C28H21N3O7S2/c1-37-18-10-7-16(8-11-18)30-26(32)22-21(23-25(29-28(34)40-23)39-24(22)27(30)33)19-13-17(31(35)36)9-12-20(19)38-14-15-5-3-2-4-6-15/h2-13,21-22,24H,14H2,1H3,(H,29,34)/t21-,22?,24?/m1/s1. The summed E-state index contributed by atoms with van der Waals surface area (Å²) in [4.78, 5) is 55.5. The van der Waals surface area contributed by atoms with Gasteiger partial charge >= 0.3 is 4.87 Å². The minimum atomic E-state index is -0.917. The highest BCUT2D eigenvalue weighted by Gasteiger charge is 2.57. The normalized spacial score (nSPS) is 19.7. The SMILES string of the molecule is COc1ccc(N2C(=O)C3Sc4[nH]c(=O)sc4[C@H](c4cc([N+](=O)[O-])ccc4OCc4ccccc4)C3C2=O)cc1. The molecule has 0 radical (unpaired) electrons. The summed E-state index contributed by atoms with van der Waals surface area (Å²) < 4.78 is 11.3. The van der Waals surface area contributed by atoms with Gasteiger partial charge in [0, 0.05) is 28.5 Å². The second-order valence-corrected chi connectivity index (χ2v) is 11.4. The zero-order chi connectivity index (χ0) is 28.0. The number of hydrogen-bond acceptors (Lipinski definition) is 9. The zero-order valence-corrected chi connectivity index (χ0v) is 22.6. The molecule has 1 aromatic heterocycles. The number of benzene rings is 3. The molecule has 4 aromatic rings. The van der Waals surface area contributed by atoms with Crippen molar-refractivity contribution in [1.82, 2.24) is 4.98 Å². The second kappa shape index (κ2) is 10.3. The number of rotatable bonds is 7. The van der Waals surface area contributed by atoms with Gasteiger partial charge in [0.2, 0.25) is 11.8 Å². The Labute approximate surface area is 235 Å². The average Bonchev–Trinajstić information content (AvgIpc) is 3.46. The third-order valence-electron chi connectivity index (χ3n) is 6.93. The number of nitrogens with zero attached hydrogens (tertiary/aromatic N) is 2. The third-order valence-corrected chi connectivity index (χ3v) is 9.33. The zero-order valence-electron chi connectivity index (χ0n) is 20.9. The van der Waals surface area contributed by atoms with Gasteiger partial charge in [-0.2, -0.15) is 0 Å². The number of amides is 2. The first-order valence-corrected chi connectivity index (χ1v) is 13.9. The van der Waals surface area contributed by atoms with Crippen molar-refractivity contribution >= 4 is 46.3 Å². The van der Waals surface area contributed by atoms with E-state index in [-0.39, 0.29) is 17.2 Å². The van der Waals surface area contributed by atoms with E-state index in [0.717, 1.165) is 33.6 Å². The number of nitrogens with one attached hydrogen (secondary N) is 1. The van der Waals surface area contributed by atoms with Crippen LogP contribution in [0.2, 0.25) is 0 Å². The number of ether oxygens (including phenoxy) is 2. The van der Waals surface area contributed by atoms with Crippen molar-refractivity contribution < 1.29 is 24.0 Å². The Kier molecular flexibility index (Phi) is 6.64. The molecule has 0 saturated carbocycles. The highest BCUT2D eigenvalue weighted by atomic mass is 32.2. The van der Waals surface area contributed by atoms with Gasteiger partial charge in [0.05, 0.1) is 28.7 Å². The van der Waals surface area contributed by atoms with Crippen LogP contribution < -0.4 is 19.2 Å². The van der Waals surface area contributed by atoms with Gasteiger partial charge < -0.3 is 14.5 Å². The number of nitro benzene ring substituents is 1. The molecule has 0 aliphatic carbocycles. The van der Waals surface area contributed by atoms with Gasteiger partial charge in [0.15, 0.2) is 0 Å². The Morgan fingerprint density at radius 2 is 1.75 bits per heavy atom. The van der Waals surface area contributed by atoms with Crippen LogP contribution in [0, 0.1) is 16.0 Å². The van der Waals surface area contributed by atoms with Crippen molar-refractivity contribution in [1.29, 1.82) is 0 Å². The van der Waals surface area contributed by atoms with Crippen molar-refractivity contribution in [3.05, 3.63) is 109 Å². The van der Waals surface area contributed by atoms with Gasteiger partial charge in [0.1, 0.15) is 23.4 Å². The van der Waals surface area contributed by atoms with Crippen LogP contribution in [-0.2, 0) is 16.2 Å². The first kappa shape index (κ1) is 25.8. The number of aromatic nitrogens is 1. The number of thiazole rings is 1. The van der Waals surface area contributed by atoms with E-state index in [2.05, 4.69) is 4.98 Å². The van der Waals surface area contributed by atoms with E-state index in [1.807, 2.05) is 30.3 Å². The third kappa shape index (κ3) is 4.44. The molecule has 2 amide bonds. The van der Waals surface area contributed by atoms with Gasteiger partial charge in [-0.3, -0.25) is 24.5 Å². The fourth-order valence-electron chi connectivity index (χ4n) is 5.10. The summed E-state index contributed by atoms with van der Waals surface area (Å²) in [7, 11) is 1.52. The Morgan fingerprint density at radius 1 is 1.00 bits per heavy atom. The van der Waals surface area contributed by atoms with Crippen LogP contribution in [0.3, 0.4) is 0 Å². The fraction of sp³-hybridized carbons (Fsp3) is 0.179. The molecule has 3 heterocycles. The van der Waals surface area contributed by atoms with Crippen molar-refractivity contribution in [2.45, 2.75) is 22.8 Å². The highest BCUT2D eigenvalue weighted by Crippen LogP contribution is 2.55. The molecule has 2 unspecified atom stereocenters. The Hall–Kier alpha value is -4.42. The molecular weight excluding hydrogens is 554 g/mol. The van der Waals surface area contributed by atoms with Crippen molar-refractivity contribution in [3.8, 4) is 11.5 Å². The van der Waals surface area contributed by atoms with E-state index in [0.29, 0.717) is 32.7 Å². The number of fused-ring (bicyclic) bond motifs is 2. The van der Waals surface area contributed by atoms with Crippen molar-refractivity contribution in [3.63, 3.8) is 0 Å². The summed E-state index contributed by atoms with van der Waals surface area (Å²) in [5.74, 6) is -1.71. The van der Waals surface area contributed by atoms with Crippen LogP contribution in [0.1, 0.15) is 21.9 Å². The lowest BCUT2D eigenvalue weighted by Gasteiger charge is -2.30. The highest BCUT2D eigenvalue weighted by molar-refractivity contribution is 8.00. The molecule has 202 valence electrons. The number of non-ortho nitro benzene ring substituents is 1. The summed E-state index contributed by atoms with van der Waals surface area (Å²) in [5.41, 5.74) is 1.45. The first-order valence-electron chi connectivity index (χ1n) is 12.2. The van der Waals surface area contributed by atoms with Crippen LogP contribution in [-0.4, -0.2) is 34.1 Å². The number of hydrogen-bond donors (Lipinski definition) is 1. The number of nitro groups is 1. The Balaban J connectivity index is 1.47. The lowest BCUT2D eigenvalue weighted by molar-refractivity contribution is -0.385. The minimum Gasteiger partial charge on any atom is -0.497 e. The first-order chi connectivity index (χ1) is 19.4. The molecule has 3 atom stereocenters. The van der Waals surface area contributed by atoms with Gasteiger partial charge in [0.25, 0.3) is 5.69 Å². The molecule has 0 bridgehead atoms. The van der Waals surface area contributed by atoms with Crippen LogP contribution in [0.25, 0.3) is 0 Å². The van der Waals surface area contributed by atoms with Gasteiger partial charge in [-0.1, -0.05) is 53.4 Å². The molecule has 6 rings (SSSR count). The summed E-state index contributed by atoms with van der Waals surface area (Å²) >= 11 is 2.06. The van der Waals surface area contributed by atoms with Gasteiger partial charge in [-0.25, -0.2) is 4.90 Å². The predicted octanol–water partition coefficient (Wildman–Crippen LogP) is 4.73. The van der Waals surface area contributed by atoms with Crippen LogP contribution >= 0.6 is 23.1 Å². The number of anilines is 1. The van der Waals surface area contributed by atoms with Crippen LogP contribution in [0.15, 0.2) is 82.6 Å². The number of aromatic amines is 1. The summed E-state index contributed by atoms with van der Waals surface area (Å²) in [5, 5.41) is 11.4. The fourth-order valence-corrected chi connectivity index (χ4v) is 7.60. The number of methoxy groups -OCH3 is 1. The smallest absolute Gasteiger partial charge is 0.305 e. The number of carbonyl (C=O) groups excluding carboxylic acids is 2.